The molecule has 3 heteroatoms. The summed E-state index contributed by atoms with van der Waals surface area (Å²) in [6.45, 7) is 4.27. The molecule has 0 aliphatic heterocycles. The molecule has 0 spiro atoms. The van der Waals surface area contributed by atoms with Crippen LogP contribution >= 0.6 is 0 Å². The van der Waals surface area contributed by atoms with Crippen LogP contribution in [0.2, 0.25) is 0 Å². The Morgan fingerprint density at radius 1 is 1.10 bits per heavy atom. The molecule has 0 heterocycles. The topological polar surface area (TPSA) is 29.5 Å². The molecule has 1 rings (SSSR count). The summed E-state index contributed by atoms with van der Waals surface area (Å²) in [5.74, 6) is -0.213. The first-order valence-electron chi connectivity index (χ1n) is 7.50. The highest BCUT2D eigenvalue weighted by atomic mass is 16.5. The average Bonchev–Trinajstić information content (AvgIpc) is 2.47. The van der Waals surface area contributed by atoms with Crippen molar-refractivity contribution >= 4 is 5.97 Å². The Balaban J connectivity index is 2.49. The molecule has 0 aliphatic rings. The minimum absolute atomic E-state index is 0.0108. The molecule has 0 N–H and O–H groups in total. The van der Waals surface area contributed by atoms with Gasteiger partial charge in [-0.25, -0.2) is 4.79 Å². The number of esters is 1. The van der Waals surface area contributed by atoms with Crippen molar-refractivity contribution < 1.29 is 9.53 Å². The van der Waals surface area contributed by atoms with Gasteiger partial charge in [0, 0.05) is 6.04 Å². The molecule has 0 saturated carbocycles. The standard InChI is InChI=1S/C17H27NO2/c1-5-15(18(3)4)12-13-16(6-2)20-17(19)14-10-8-7-9-11-14/h7-11,15-16H,5-6,12-13H2,1-4H3. The fourth-order valence-electron chi connectivity index (χ4n) is 2.35. The van der Waals surface area contributed by atoms with E-state index in [1.54, 1.807) is 12.1 Å². The zero-order chi connectivity index (χ0) is 15.0. The molecule has 3 nitrogen and oxygen atoms in total. The van der Waals surface area contributed by atoms with Crippen LogP contribution in [0.3, 0.4) is 0 Å². The molecular weight excluding hydrogens is 250 g/mol. The smallest absolute Gasteiger partial charge is 0.338 e. The van der Waals surface area contributed by atoms with E-state index in [0.717, 1.165) is 25.7 Å². The number of carbonyl (C=O) groups is 1. The summed E-state index contributed by atoms with van der Waals surface area (Å²) in [5, 5.41) is 0. The quantitative estimate of drug-likeness (QED) is 0.678. The number of hydrogen-bond donors (Lipinski definition) is 0. The van der Waals surface area contributed by atoms with Crippen LogP contribution in [0.5, 0.6) is 0 Å². The Morgan fingerprint density at radius 2 is 1.75 bits per heavy atom. The van der Waals surface area contributed by atoms with Crippen LogP contribution < -0.4 is 0 Å². The average molecular weight is 277 g/mol. The van der Waals surface area contributed by atoms with Gasteiger partial charge < -0.3 is 9.64 Å². The van der Waals surface area contributed by atoms with E-state index in [0.29, 0.717) is 11.6 Å². The molecular formula is C17H27NO2. The number of hydrogen-bond acceptors (Lipinski definition) is 3. The molecule has 0 aliphatic carbocycles. The van der Waals surface area contributed by atoms with Crippen molar-refractivity contribution in [1.29, 1.82) is 0 Å². The summed E-state index contributed by atoms with van der Waals surface area (Å²) in [6, 6.07) is 9.76. The van der Waals surface area contributed by atoms with Gasteiger partial charge in [0.05, 0.1) is 5.56 Å². The van der Waals surface area contributed by atoms with Gasteiger partial charge in [0.15, 0.2) is 0 Å². The molecule has 0 saturated heterocycles. The Hall–Kier alpha value is -1.35. The van der Waals surface area contributed by atoms with Crippen LogP contribution in [0.15, 0.2) is 30.3 Å². The normalized spacial score (nSPS) is 14.1. The second-order valence-electron chi connectivity index (χ2n) is 5.40. The van der Waals surface area contributed by atoms with Crippen molar-refractivity contribution in [3.05, 3.63) is 35.9 Å². The number of rotatable bonds is 8. The van der Waals surface area contributed by atoms with E-state index in [1.807, 2.05) is 18.2 Å². The predicted molar refractivity (Wildman–Crippen MR) is 82.9 cm³/mol. The van der Waals surface area contributed by atoms with Gasteiger partial charge in [-0.2, -0.15) is 0 Å². The van der Waals surface area contributed by atoms with Crippen LogP contribution in [-0.2, 0) is 4.74 Å². The third-order valence-corrected chi connectivity index (χ3v) is 3.76. The van der Waals surface area contributed by atoms with E-state index in [4.69, 9.17) is 4.74 Å². The maximum Gasteiger partial charge on any atom is 0.338 e. The molecule has 2 unspecified atom stereocenters. The van der Waals surface area contributed by atoms with Crippen molar-refractivity contribution in [3.8, 4) is 0 Å². The Kier molecular flexibility index (Phi) is 7.31. The molecule has 1 aromatic rings. The first-order chi connectivity index (χ1) is 9.58. The van der Waals surface area contributed by atoms with E-state index in [2.05, 4.69) is 32.8 Å². The highest BCUT2D eigenvalue weighted by molar-refractivity contribution is 5.89. The second kappa shape index (κ2) is 8.75. The summed E-state index contributed by atoms with van der Waals surface area (Å²) in [6.07, 6.45) is 3.98. The van der Waals surface area contributed by atoms with Crippen LogP contribution in [-0.4, -0.2) is 37.1 Å². The lowest BCUT2D eigenvalue weighted by Crippen LogP contribution is -2.29. The summed E-state index contributed by atoms with van der Waals surface area (Å²) in [5.41, 5.74) is 0.630. The molecule has 0 radical (unpaired) electrons. The van der Waals surface area contributed by atoms with E-state index < -0.39 is 0 Å². The third-order valence-electron chi connectivity index (χ3n) is 3.76. The second-order valence-corrected chi connectivity index (χ2v) is 5.40. The van der Waals surface area contributed by atoms with Gasteiger partial charge in [-0.1, -0.05) is 32.0 Å². The zero-order valence-corrected chi connectivity index (χ0v) is 13.1. The number of nitrogens with zero attached hydrogens (tertiary/aromatic N) is 1. The highest BCUT2D eigenvalue weighted by Crippen LogP contribution is 2.15. The molecule has 0 bridgehead atoms. The highest BCUT2D eigenvalue weighted by Gasteiger charge is 2.17. The lowest BCUT2D eigenvalue weighted by molar-refractivity contribution is 0.0252. The van der Waals surface area contributed by atoms with Crippen molar-refractivity contribution in [3.63, 3.8) is 0 Å². The van der Waals surface area contributed by atoms with Gasteiger partial charge in [0.1, 0.15) is 6.10 Å². The number of carbonyl (C=O) groups excluding carboxylic acids is 1. The molecule has 0 aromatic heterocycles. The van der Waals surface area contributed by atoms with Crippen molar-refractivity contribution in [1.82, 2.24) is 4.90 Å². The summed E-state index contributed by atoms with van der Waals surface area (Å²) >= 11 is 0. The van der Waals surface area contributed by atoms with Gasteiger partial charge >= 0.3 is 5.97 Å². The summed E-state index contributed by atoms with van der Waals surface area (Å²) in [4.78, 5) is 14.3. The first-order valence-corrected chi connectivity index (χ1v) is 7.50. The summed E-state index contributed by atoms with van der Waals surface area (Å²) < 4.78 is 5.60. The largest absolute Gasteiger partial charge is 0.459 e. The van der Waals surface area contributed by atoms with Gasteiger partial charge in [-0.15, -0.1) is 0 Å². The predicted octanol–water partition coefficient (Wildman–Crippen LogP) is 3.74. The van der Waals surface area contributed by atoms with E-state index in [9.17, 15) is 4.79 Å². The molecule has 1 aromatic carbocycles. The van der Waals surface area contributed by atoms with Crippen molar-refractivity contribution in [2.45, 2.75) is 51.7 Å². The van der Waals surface area contributed by atoms with Gasteiger partial charge in [-0.3, -0.25) is 0 Å². The number of ether oxygens (including phenoxy) is 1. The monoisotopic (exact) mass is 277 g/mol. The summed E-state index contributed by atoms with van der Waals surface area (Å²) in [7, 11) is 4.20. The fraction of sp³-hybridized carbons (Fsp3) is 0.588. The van der Waals surface area contributed by atoms with E-state index >= 15 is 0 Å². The Labute approximate surface area is 122 Å². The molecule has 20 heavy (non-hydrogen) atoms. The van der Waals surface area contributed by atoms with Crippen LogP contribution in [0.4, 0.5) is 0 Å². The van der Waals surface area contributed by atoms with E-state index in [1.165, 1.54) is 0 Å². The number of benzene rings is 1. The van der Waals surface area contributed by atoms with Gasteiger partial charge in [-0.05, 0) is 51.9 Å². The van der Waals surface area contributed by atoms with Crippen molar-refractivity contribution in [2.24, 2.45) is 0 Å². The molecule has 2 atom stereocenters. The zero-order valence-electron chi connectivity index (χ0n) is 13.1. The van der Waals surface area contributed by atoms with Gasteiger partial charge in [0.2, 0.25) is 0 Å². The lowest BCUT2D eigenvalue weighted by atomic mass is 10.0. The minimum Gasteiger partial charge on any atom is -0.459 e. The fourth-order valence-corrected chi connectivity index (χ4v) is 2.35. The van der Waals surface area contributed by atoms with E-state index in [-0.39, 0.29) is 12.1 Å². The van der Waals surface area contributed by atoms with Crippen LogP contribution in [0, 0.1) is 0 Å². The SMILES string of the molecule is CCC(CCC(CC)N(C)C)OC(=O)c1ccccc1. The Morgan fingerprint density at radius 3 is 2.25 bits per heavy atom. The maximum absolute atomic E-state index is 12.0. The third kappa shape index (κ3) is 5.33. The molecule has 112 valence electrons. The maximum atomic E-state index is 12.0. The van der Waals surface area contributed by atoms with Crippen LogP contribution in [0.25, 0.3) is 0 Å². The molecule has 0 fully saturated rings. The molecule has 0 amide bonds. The van der Waals surface area contributed by atoms with Crippen molar-refractivity contribution in [2.75, 3.05) is 14.1 Å². The lowest BCUT2D eigenvalue weighted by Gasteiger charge is -2.25. The first kappa shape index (κ1) is 16.7. The minimum atomic E-state index is -0.213. The Bertz CT molecular complexity index is 389. The van der Waals surface area contributed by atoms with Crippen LogP contribution in [0.1, 0.15) is 49.9 Å². The van der Waals surface area contributed by atoms with Gasteiger partial charge in [0.25, 0.3) is 0 Å².